The predicted octanol–water partition coefficient (Wildman–Crippen LogP) is 2.58. The van der Waals surface area contributed by atoms with Crippen LogP contribution in [0, 0.1) is 5.92 Å². The molecule has 2 heterocycles. The first-order valence-electron chi connectivity index (χ1n) is 5.87. The van der Waals surface area contributed by atoms with E-state index in [2.05, 4.69) is 29.6 Å². The number of rotatable bonds is 0. The van der Waals surface area contributed by atoms with Crippen LogP contribution in [0.3, 0.4) is 0 Å². The lowest BCUT2D eigenvalue weighted by Gasteiger charge is -2.32. The molecule has 2 aliphatic heterocycles. The number of ether oxygens (including phenoxy) is 1. The molecule has 1 fully saturated rings. The van der Waals surface area contributed by atoms with E-state index in [0.29, 0.717) is 5.92 Å². The van der Waals surface area contributed by atoms with Gasteiger partial charge in [-0.25, -0.2) is 0 Å². The Labute approximate surface area is 103 Å². The van der Waals surface area contributed by atoms with Crippen molar-refractivity contribution in [2.24, 2.45) is 5.92 Å². The molecule has 1 saturated heterocycles. The van der Waals surface area contributed by atoms with Crippen molar-refractivity contribution in [2.75, 3.05) is 19.7 Å². The number of benzene rings is 1. The van der Waals surface area contributed by atoms with Gasteiger partial charge in [0.2, 0.25) is 0 Å². The Kier molecular flexibility index (Phi) is 3.72. The molecule has 0 spiro atoms. The van der Waals surface area contributed by atoms with Gasteiger partial charge < -0.3 is 10.1 Å². The van der Waals surface area contributed by atoms with E-state index in [1.54, 1.807) is 0 Å². The molecule has 2 aliphatic rings. The fourth-order valence-electron chi connectivity index (χ4n) is 2.79. The Bertz CT molecular complexity index is 356. The summed E-state index contributed by atoms with van der Waals surface area (Å²) >= 11 is 0. The number of hydrogen-bond acceptors (Lipinski definition) is 2. The van der Waals surface area contributed by atoms with Gasteiger partial charge in [0, 0.05) is 18.4 Å². The summed E-state index contributed by atoms with van der Waals surface area (Å²) in [4.78, 5) is 0. The number of hydrogen-bond donors (Lipinski definition) is 1. The molecule has 3 rings (SSSR count). The van der Waals surface area contributed by atoms with Gasteiger partial charge in [-0.2, -0.15) is 0 Å². The molecule has 0 radical (unpaired) electrons. The highest BCUT2D eigenvalue weighted by Gasteiger charge is 2.31. The van der Waals surface area contributed by atoms with Gasteiger partial charge in [-0.1, -0.05) is 18.2 Å². The van der Waals surface area contributed by atoms with Gasteiger partial charge in [0.1, 0.15) is 5.75 Å². The zero-order valence-corrected chi connectivity index (χ0v) is 10.1. The number of nitrogens with one attached hydrogen (secondary N) is 1. The molecule has 1 N–H and O–H groups in total. The first-order chi connectivity index (χ1) is 7.45. The van der Waals surface area contributed by atoms with Gasteiger partial charge in [-0.05, 0) is 31.0 Å². The maximum atomic E-state index is 5.82. The van der Waals surface area contributed by atoms with Crippen molar-refractivity contribution >= 4 is 12.4 Å². The van der Waals surface area contributed by atoms with Gasteiger partial charge in [0.05, 0.1) is 6.61 Å². The summed E-state index contributed by atoms with van der Waals surface area (Å²) in [7, 11) is 0. The average Bonchev–Trinajstić information content (AvgIpc) is 2.54. The molecule has 16 heavy (non-hydrogen) atoms. The van der Waals surface area contributed by atoms with E-state index in [4.69, 9.17) is 4.74 Å². The molecule has 0 bridgehead atoms. The van der Waals surface area contributed by atoms with Crippen molar-refractivity contribution in [3.05, 3.63) is 29.8 Å². The zero-order chi connectivity index (χ0) is 10.1. The van der Waals surface area contributed by atoms with Crippen LogP contribution in [0.2, 0.25) is 0 Å². The lowest BCUT2D eigenvalue weighted by Crippen LogP contribution is -2.30. The molecule has 0 amide bonds. The molecule has 2 atom stereocenters. The van der Waals surface area contributed by atoms with Crippen molar-refractivity contribution in [1.82, 2.24) is 5.32 Å². The molecular weight excluding hydrogens is 222 g/mol. The average molecular weight is 240 g/mol. The largest absolute Gasteiger partial charge is 0.493 e. The number of para-hydroxylation sites is 1. The van der Waals surface area contributed by atoms with E-state index in [1.807, 2.05) is 0 Å². The molecule has 1 aromatic carbocycles. The smallest absolute Gasteiger partial charge is 0.122 e. The molecule has 1 aromatic rings. The summed E-state index contributed by atoms with van der Waals surface area (Å²) in [5, 5.41) is 3.53. The molecule has 0 aliphatic carbocycles. The highest BCUT2D eigenvalue weighted by atomic mass is 35.5. The van der Waals surface area contributed by atoms with Gasteiger partial charge >= 0.3 is 0 Å². The van der Waals surface area contributed by atoms with Crippen LogP contribution in [-0.4, -0.2) is 19.7 Å². The van der Waals surface area contributed by atoms with E-state index >= 15 is 0 Å². The van der Waals surface area contributed by atoms with Crippen LogP contribution in [-0.2, 0) is 0 Å². The van der Waals surface area contributed by atoms with Crippen molar-refractivity contribution in [1.29, 1.82) is 0 Å². The van der Waals surface area contributed by atoms with Crippen LogP contribution in [0.25, 0.3) is 0 Å². The molecule has 0 aromatic heterocycles. The van der Waals surface area contributed by atoms with Gasteiger partial charge in [-0.15, -0.1) is 12.4 Å². The summed E-state index contributed by atoms with van der Waals surface area (Å²) < 4.78 is 5.82. The van der Waals surface area contributed by atoms with Gasteiger partial charge in [0.15, 0.2) is 0 Å². The minimum absolute atomic E-state index is 0. The minimum Gasteiger partial charge on any atom is -0.493 e. The van der Waals surface area contributed by atoms with E-state index in [0.717, 1.165) is 31.4 Å². The van der Waals surface area contributed by atoms with Gasteiger partial charge in [-0.3, -0.25) is 0 Å². The van der Waals surface area contributed by atoms with Crippen molar-refractivity contribution in [3.63, 3.8) is 0 Å². The summed E-state index contributed by atoms with van der Waals surface area (Å²) in [6.45, 7) is 3.18. The Morgan fingerprint density at radius 3 is 3.06 bits per heavy atom. The van der Waals surface area contributed by atoms with Crippen molar-refractivity contribution in [3.8, 4) is 5.75 Å². The summed E-state index contributed by atoms with van der Waals surface area (Å²) in [5.41, 5.74) is 1.41. The van der Waals surface area contributed by atoms with Crippen molar-refractivity contribution in [2.45, 2.75) is 18.8 Å². The standard InChI is InChI=1S/C13H17NO.ClH/c1-2-6-13-11(5-1)12-8-14-7-3-4-10(12)9-15-13;/h1-2,5-6,10,12,14H,3-4,7-9H2;1H/t10-,12+;/m1./s1. The van der Waals surface area contributed by atoms with Crippen LogP contribution < -0.4 is 10.1 Å². The Morgan fingerprint density at radius 2 is 2.12 bits per heavy atom. The van der Waals surface area contributed by atoms with Crippen LogP contribution in [0.5, 0.6) is 5.75 Å². The van der Waals surface area contributed by atoms with Crippen LogP contribution in [0.4, 0.5) is 0 Å². The van der Waals surface area contributed by atoms with E-state index < -0.39 is 0 Å². The lowest BCUT2D eigenvalue weighted by molar-refractivity contribution is 0.190. The van der Waals surface area contributed by atoms with Crippen LogP contribution in [0.15, 0.2) is 24.3 Å². The summed E-state index contributed by atoms with van der Waals surface area (Å²) in [5.74, 6) is 2.48. The highest BCUT2D eigenvalue weighted by molar-refractivity contribution is 5.85. The zero-order valence-electron chi connectivity index (χ0n) is 9.32. The third kappa shape index (κ3) is 2.04. The second-order valence-electron chi connectivity index (χ2n) is 4.56. The summed E-state index contributed by atoms with van der Waals surface area (Å²) in [6.07, 6.45) is 2.58. The number of fused-ring (bicyclic) bond motifs is 3. The van der Waals surface area contributed by atoms with Crippen LogP contribution in [0.1, 0.15) is 24.3 Å². The fourth-order valence-corrected chi connectivity index (χ4v) is 2.79. The monoisotopic (exact) mass is 239 g/mol. The Hall–Kier alpha value is -0.730. The fraction of sp³-hybridized carbons (Fsp3) is 0.538. The van der Waals surface area contributed by atoms with Crippen molar-refractivity contribution < 1.29 is 4.74 Å². The minimum atomic E-state index is 0. The second kappa shape index (κ2) is 5.07. The quantitative estimate of drug-likeness (QED) is 0.752. The van der Waals surface area contributed by atoms with E-state index in [-0.39, 0.29) is 12.4 Å². The molecule has 88 valence electrons. The maximum Gasteiger partial charge on any atom is 0.122 e. The topological polar surface area (TPSA) is 21.3 Å². The maximum absolute atomic E-state index is 5.82. The highest BCUT2D eigenvalue weighted by Crippen LogP contribution is 2.39. The number of halogens is 1. The van der Waals surface area contributed by atoms with E-state index in [1.165, 1.54) is 18.4 Å². The summed E-state index contributed by atoms with van der Waals surface area (Å²) in [6, 6.07) is 8.49. The molecular formula is C13H18ClNO. The first kappa shape index (κ1) is 11.7. The van der Waals surface area contributed by atoms with Gasteiger partial charge in [0.25, 0.3) is 0 Å². The molecule has 0 saturated carbocycles. The normalized spacial score (nSPS) is 27.8. The molecule has 0 unspecified atom stereocenters. The van der Waals surface area contributed by atoms with Crippen LogP contribution >= 0.6 is 12.4 Å². The Balaban J connectivity index is 0.000000963. The molecule has 2 nitrogen and oxygen atoms in total. The lowest BCUT2D eigenvalue weighted by atomic mass is 9.82. The molecule has 3 heteroatoms. The second-order valence-corrected chi connectivity index (χ2v) is 4.56. The first-order valence-corrected chi connectivity index (χ1v) is 5.87. The SMILES string of the molecule is Cl.c1ccc2c(c1)OC[C@H]1CCCNC[C@H]21. The third-order valence-corrected chi connectivity index (χ3v) is 3.63. The Morgan fingerprint density at radius 1 is 1.25 bits per heavy atom. The van der Waals surface area contributed by atoms with E-state index in [9.17, 15) is 0 Å². The predicted molar refractivity (Wildman–Crippen MR) is 67.5 cm³/mol. The third-order valence-electron chi connectivity index (χ3n) is 3.63.